The number of nitrogens with zero attached hydrogens (tertiary/aromatic N) is 1. The molecule has 114 valence electrons. The molecule has 0 saturated heterocycles. The second kappa shape index (κ2) is 5.69. The number of H-pyrrole nitrogens is 1. The Morgan fingerprint density at radius 1 is 1.43 bits per heavy atom. The minimum atomic E-state index is 0.0741. The topological polar surface area (TPSA) is 37.8 Å². The Balaban J connectivity index is 2.04. The van der Waals surface area contributed by atoms with Crippen molar-refractivity contribution in [3.63, 3.8) is 0 Å². The van der Waals surface area contributed by atoms with Crippen molar-refractivity contribution >= 4 is 33.8 Å². The molecular weight excluding hydrogens is 300 g/mol. The third-order valence-electron chi connectivity index (χ3n) is 4.61. The zero-order valence-corrected chi connectivity index (χ0v) is 14.3. The highest BCUT2D eigenvalue weighted by molar-refractivity contribution is 7.71. The van der Waals surface area contributed by atoms with Crippen LogP contribution in [0.3, 0.4) is 0 Å². The van der Waals surface area contributed by atoms with Crippen LogP contribution in [0.15, 0.2) is 16.2 Å². The van der Waals surface area contributed by atoms with Gasteiger partial charge in [-0.05, 0) is 54.3 Å². The van der Waals surface area contributed by atoms with Crippen LogP contribution < -0.4 is 5.56 Å². The van der Waals surface area contributed by atoms with Gasteiger partial charge in [-0.2, -0.15) is 0 Å². The molecule has 2 aromatic rings. The molecule has 2 heterocycles. The maximum absolute atomic E-state index is 12.7. The molecule has 0 amide bonds. The lowest BCUT2D eigenvalue weighted by molar-refractivity contribution is 0.193. The van der Waals surface area contributed by atoms with Crippen molar-refractivity contribution < 1.29 is 0 Å². The van der Waals surface area contributed by atoms with E-state index in [1.807, 2.05) is 11.4 Å². The highest BCUT2D eigenvalue weighted by Gasteiger charge is 2.35. The Morgan fingerprint density at radius 3 is 2.81 bits per heavy atom. The minimum absolute atomic E-state index is 0.0741. The summed E-state index contributed by atoms with van der Waals surface area (Å²) in [7, 11) is 0. The van der Waals surface area contributed by atoms with Gasteiger partial charge in [0.25, 0.3) is 5.56 Å². The van der Waals surface area contributed by atoms with E-state index < -0.39 is 0 Å². The fourth-order valence-corrected chi connectivity index (χ4v) is 4.97. The Morgan fingerprint density at radius 2 is 2.14 bits per heavy atom. The molecule has 3 rings (SSSR count). The summed E-state index contributed by atoms with van der Waals surface area (Å²) in [6.45, 7) is 5.31. The van der Waals surface area contributed by atoms with Crippen molar-refractivity contribution in [1.29, 1.82) is 0 Å². The summed E-state index contributed by atoms with van der Waals surface area (Å²) in [6.07, 6.45) is 6.16. The second-order valence-corrected chi connectivity index (χ2v) is 8.09. The molecule has 1 aliphatic carbocycles. The van der Waals surface area contributed by atoms with Gasteiger partial charge in [0.2, 0.25) is 0 Å². The molecule has 1 N–H and O–H groups in total. The van der Waals surface area contributed by atoms with Gasteiger partial charge in [-0.15, -0.1) is 11.3 Å². The monoisotopic (exact) mass is 322 g/mol. The van der Waals surface area contributed by atoms with E-state index in [-0.39, 0.29) is 11.0 Å². The van der Waals surface area contributed by atoms with Gasteiger partial charge >= 0.3 is 0 Å². The number of aromatic amines is 1. The molecule has 0 unspecified atom stereocenters. The van der Waals surface area contributed by atoms with E-state index in [0.29, 0.717) is 10.7 Å². The van der Waals surface area contributed by atoms with Crippen LogP contribution in [-0.4, -0.2) is 9.55 Å². The molecule has 0 aromatic carbocycles. The van der Waals surface area contributed by atoms with Gasteiger partial charge in [-0.25, -0.2) is 0 Å². The molecule has 21 heavy (non-hydrogen) atoms. The van der Waals surface area contributed by atoms with Crippen LogP contribution in [-0.2, 0) is 6.54 Å². The molecule has 0 aliphatic heterocycles. The molecular formula is C16H22N2OS2. The molecule has 0 bridgehead atoms. The molecule has 0 atom stereocenters. The van der Waals surface area contributed by atoms with Gasteiger partial charge in [0, 0.05) is 6.54 Å². The lowest BCUT2D eigenvalue weighted by Crippen LogP contribution is -2.32. The molecule has 1 saturated carbocycles. The minimum Gasteiger partial charge on any atom is -0.323 e. The van der Waals surface area contributed by atoms with Crippen LogP contribution in [0.4, 0.5) is 0 Å². The molecule has 0 spiro atoms. The third-order valence-corrected chi connectivity index (χ3v) is 5.76. The van der Waals surface area contributed by atoms with Gasteiger partial charge in [0.1, 0.15) is 4.83 Å². The van der Waals surface area contributed by atoms with Gasteiger partial charge in [-0.3, -0.25) is 9.36 Å². The zero-order valence-electron chi connectivity index (χ0n) is 12.6. The van der Waals surface area contributed by atoms with E-state index in [4.69, 9.17) is 12.2 Å². The largest absolute Gasteiger partial charge is 0.323 e. The standard InChI is InChI=1S/C16H22N2OS2/c1-11(2)9-16(6-3-4-7-16)10-18-14(19)12-5-8-21-13(12)17-15(18)20/h5,8,11H,3-4,6-7,9-10H2,1-2H3,(H,17,20). The maximum atomic E-state index is 12.7. The number of rotatable bonds is 4. The van der Waals surface area contributed by atoms with Gasteiger partial charge in [-0.1, -0.05) is 26.7 Å². The van der Waals surface area contributed by atoms with E-state index >= 15 is 0 Å². The van der Waals surface area contributed by atoms with Gasteiger partial charge in [0.05, 0.1) is 5.39 Å². The van der Waals surface area contributed by atoms with Crippen molar-refractivity contribution in [2.75, 3.05) is 0 Å². The first kappa shape index (κ1) is 15.0. The fraction of sp³-hybridized carbons (Fsp3) is 0.625. The summed E-state index contributed by atoms with van der Waals surface area (Å²) in [5.74, 6) is 0.654. The van der Waals surface area contributed by atoms with Crippen LogP contribution in [0.2, 0.25) is 0 Å². The van der Waals surface area contributed by atoms with E-state index in [9.17, 15) is 4.79 Å². The Labute approximate surface area is 134 Å². The summed E-state index contributed by atoms with van der Waals surface area (Å²) >= 11 is 6.99. The van der Waals surface area contributed by atoms with Crippen molar-refractivity contribution in [1.82, 2.24) is 9.55 Å². The van der Waals surface area contributed by atoms with Crippen LogP contribution in [0.1, 0.15) is 46.0 Å². The smallest absolute Gasteiger partial charge is 0.263 e. The quantitative estimate of drug-likeness (QED) is 0.827. The zero-order chi connectivity index (χ0) is 15.0. The summed E-state index contributed by atoms with van der Waals surface area (Å²) in [5, 5.41) is 2.72. The van der Waals surface area contributed by atoms with E-state index in [2.05, 4.69) is 18.8 Å². The van der Waals surface area contributed by atoms with Gasteiger partial charge in [0.15, 0.2) is 4.77 Å². The molecule has 3 nitrogen and oxygen atoms in total. The van der Waals surface area contributed by atoms with Crippen LogP contribution in [0.25, 0.3) is 10.2 Å². The van der Waals surface area contributed by atoms with E-state index in [0.717, 1.165) is 16.8 Å². The highest BCUT2D eigenvalue weighted by Crippen LogP contribution is 2.44. The molecule has 0 radical (unpaired) electrons. The lowest BCUT2D eigenvalue weighted by Gasteiger charge is -2.31. The molecule has 2 aromatic heterocycles. The number of thiophene rings is 1. The summed E-state index contributed by atoms with van der Waals surface area (Å²) in [4.78, 5) is 16.8. The predicted octanol–water partition coefficient (Wildman–Crippen LogP) is 4.73. The Bertz CT molecular complexity index is 747. The average molecular weight is 322 g/mol. The van der Waals surface area contributed by atoms with E-state index in [1.54, 1.807) is 15.9 Å². The second-order valence-electron chi connectivity index (χ2n) is 6.79. The summed E-state index contributed by atoms with van der Waals surface area (Å²) < 4.78 is 2.38. The number of hydrogen-bond donors (Lipinski definition) is 1. The van der Waals surface area contributed by atoms with Crippen molar-refractivity contribution in [3.8, 4) is 0 Å². The summed E-state index contributed by atoms with van der Waals surface area (Å²) in [5.41, 5.74) is 0.327. The Hall–Kier alpha value is -0.940. The third kappa shape index (κ3) is 2.86. The van der Waals surface area contributed by atoms with Crippen LogP contribution >= 0.6 is 23.6 Å². The number of fused-ring (bicyclic) bond motifs is 1. The Kier molecular flexibility index (Phi) is 4.06. The van der Waals surface area contributed by atoms with Crippen LogP contribution in [0.5, 0.6) is 0 Å². The first-order valence-electron chi connectivity index (χ1n) is 7.71. The number of aromatic nitrogens is 2. The molecule has 5 heteroatoms. The summed E-state index contributed by atoms with van der Waals surface area (Å²) in [6, 6.07) is 1.90. The van der Waals surface area contributed by atoms with Crippen molar-refractivity contribution in [2.45, 2.75) is 52.5 Å². The fourth-order valence-electron chi connectivity index (χ4n) is 3.87. The predicted molar refractivity (Wildman–Crippen MR) is 91.6 cm³/mol. The number of hydrogen-bond acceptors (Lipinski definition) is 3. The molecule has 1 fully saturated rings. The van der Waals surface area contributed by atoms with E-state index in [1.165, 1.54) is 32.1 Å². The highest BCUT2D eigenvalue weighted by atomic mass is 32.1. The number of nitrogens with one attached hydrogen (secondary N) is 1. The first-order chi connectivity index (χ1) is 10.0. The van der Waals surface area contributed by atoms with Crippen LogP contribution in [0, 0.1) is 16.1 Å². The average Bonchev–Trinajstić information content (AvgIpc) is 3.03. The van der Waals surface area contributed by atoms with Crippen molar-refractivity contribution in [2.24, 2.45) is 11.3 Å². The first-order valence-corrected chi connectivity index (χ1v) is 9.00. The normalized spacial score (nSPS) is 17.9. The molecule has 1 aliphatic rings. The lowest BCUT2D eigenvalue weighted by atomic mass is 9.78. The SMILES string of the molecule is CC(C)CC1(Cn2c(=S)[nH]c3sccc3c2=O)CCCC1. The maximum Gasteiger partial charge on any atom is 0.263 e. The van der Waals surface area contributed by atoms with Gasteiger partial charge < -0.3 is 4.98 Å². The van der Waals surface area contributed by atoms with Crippen molar-refractivity contribution in [3.05, 3.63) is 26.6 Å².